The maximum atomic E-state index is 11.3. The Hall–Kier alpha value is -1.58. The van der Waals surface area contributed by atoms with Crippen LogP contribution in [0.4, 0.5) is 0 Å². The van der Waals surface area contributed by atoms with Crippen molar-refractivity contribution >= 4 is 11.9 Å². The van der Waals surface area contributed by atoms with E-state index in [1.807, 2.05) is 13.8 Å². The Bertz CT molecular complexity index is 417. The molecule has 19 heavy (non-hydrogen) atoms. The lowest BCUT2D eigenvalue weighted by molar-refractivity contribution is -0.141. The summed E-state index contributed by atoms with van der Waals surface area (Å²) in [7, 11) is 0. The zero-order chi connectivity index (χ0) is 14.4. The van der Waals surface area contributed by atoms with Crippen LogP contribution >= 0.6 is 0 Å². The summed E-state index contributed by atoms with van der Waals surface area (Å²) >= 11 is 0. The van der Waals surface area contributed by atoms with E-state index in [-0.39, 0.29) is 5.97 Å². The fourth-order valence-corrected chi connectivity index (χ4v) is 2.15. The number of esters is 2. The second kappa shape index (κ2) is 7.12. The van der Waals surface area contributed by atoms with Gasteiger partial charge in [-0.3, -0.25) is 9.59 Å². The monoisotopic (exact) mass is 266 g/mol. The molecule has 0 N–H and O–H groups in total. The van der Waals surface area contributed by atoms with Gasteiger partial charge >= 0.3 is 11.9 Å². The predicted octanol–water partition coefficient (Wildman–Crippen LogP) is 3.62. The number of carbonyl (C=O) groups excluding carboxylic acids is 2. The third-order valence-corrected chi connectivity index (χ3v) is 2.93. The molecule has 1 rings (SSSR count). The van der Waals surface area contributed by atoms with Crippen LogP contribution in [-0.2, 0) is 19.1 Å². The van der Waals surface area contributed by atoms with Crippen molar-refractivity contribution < 1.29 is 19.1 Å². The smallest absolute Gasteiger partial charge is 0.308 e. The van der Waals surface area contributed by atoms with Crippen LogP contribution < -0.4 is 0 Å². The lowest BCUT2D eigenvalue weighted by Gasteiger charge is -2.20. The number of allylic oxidation sites excluding steroid dienone is 2. The number of hydrogen-bond acceptors (Lipinski definition) is 4. The highest BCUT2D eigenvalue weighted by molar-refractivity contribution is 5.70. The van der Waals surface area contributed by atoms with E-state index in [1.54, 1.807) is 0 Å². The molecule has 0 heterocycles. The van der Waals surface area contributed by atoms with Crippen molar-refractivity contribution in [2.45, 2.75) is 59.8 Å². The van der Waals surface area contributed by atoms with E-state index in [0.29, 0.717) is 11.5 Å². The zero-order valence-corrected chi connectivity index (χ0v) is 12.2. The molecule has 0 unspecified atom stereocenters. The van der Waals surface area contributed by atoms with Crippen molar-refractivity contribution in [1.82, 2.24) is 0 Å². The van der Waals surface area contributed by atoms with Gasteiger partial charge in [-0.25, -0.2) is 0 Å². The third-order valence-electron chi connectivity index (χ3n) is 2.93. The molecule has 1 saturated carbocycles. The summed E-state index contributed by atoms with van der Waals surface area (Å²) in [6.45, 7) is 6.38. The van der Waals surface area contributed by atoms with Crippen LogP contribution in [0.3, 0.4) is 0 Å². The quantitative estimate of drug-likeness (QED) is 0.578. The molecular formula is C15H22O4. The van der Waals surface area contributed by atoms with Crippen molar-refractivity contribution in [2.24, 2.45) is 0 Å². The topological polar surface area (TPSA) is 52.6 Å². The number of rotatable bonds is 3. The molecule has 1 aliphatic carbocycles. The lowest BCUT2D eigenvalue weighted by atomic mass is 9.93. The standard InChI is InChI=1S/C15H22O4/c1-10(2)14(18-11(3)16)15(19-12(4)17)13-8-6-5-7-9-13/h5-9H2,1-4H3. The van der Waals surface area contributed by atoms with Crippen molar-refractivity contribution in [2.75, 3.05) is 0 Å². The van der Waals surface area contributed by atoms with Gasteiger partial charge in [0.15, 0.2) is 11.5 Å². The van der Waals surface area contributed by atoms with Gasteiger partial charge in [-0.2, -0.15) is 0 Å². The molecule has 0 atom stereocenters. The van der Waals surface area contributed by atoms with E-state index in [4.69, 9.17) is 9.47 Å². The van der Waals surface area contributed by atoms with Crippen LogP contribution in [0.15, 0.2) is 22.7 Å². The van der Waals surface area contributed by atoms with E-state index < -0.39 is 5.97 Å². The maximum absolute atomic E-state index is 11.3. The Balaban J connectivity index is 3.17. The molecule has 106 valence electrons. The van der Waals surface area contributed by atoms with Gasteiger partial charge in [0.2, 0.25) is 0 Å². The van der Waals surface area contributed by atoms with Crippen molar-refractivity contribution in [3.05, 3.63) is 22.7 Å². The van der Waals surface area contributed by atoms with Crippen LogP contribution in [-0.4, -0.2) is 11.9 Å². The summed E-state index contributed by atoms with van der Waals surface area (Å²) in [6, 6.07) is 0. The minimum atomic E-state index is -0.405. The van der Waals surface area contributed by atoms with Gasteiger partial charge < -0.3 is 9.47 Å². The van der Waals surface area contributed by atoms with Crippen molar-refractivity contribution in [3.63, 3.8) is 0 Å². The van der Waals surface area contributed by atoms with Crippen LogP contribution in [0.5, 0.6) is 0 Å². The first kappa shape index (κ1) is 15.5. The molecule has 0 bridgehead atoms. The highest BCUT2D eigenvalue weighted by Gasteiger charge is 2.21. The normalized spacial score (nSPS) is 14.6. The highest BCUT2D eigenvalue weighted by atomic mass is 16.6. The van der Waals surface area contributed by atoms with Crippen LogP contribution in [0.1, 0.15) is 59.8 Å². The summed E-state index contributed by atoms with van der Waals surface area (Å²) in [4.78, 5) is 22.5. The SMILES string of the molecule is CC(=O)OC(=C(C)C)C(OC(C)=O)=C1CCCCC1. The summed E-state index contributed by atoms with van der Waals surface area (Å²) in [5.74, 6) is 0.0400. The molecule has 0 aliphatic heterocycles. The largest absolute Gasteiger partial charge is 0.423 e. The molecule has 0 aromatic heterocycles. The second-order valence-electron chi connectivity index (χ2n) is 5.01. The average Bonchev–Trinajstić information content (AvgIpc) is 2.33. The van der Waals surface area contributed by atoms with Gasteiger partial charge in [0.25, 0.3) is 0 Å². The Kier molecular flexibility index (Phi) is 5.80. The van der Waals surface area contributed by atoms with Crippen molar-refractivity contribution in [3.8, 4) is 0 Å². The molecule has 1 fully saturated rings. The molecule has 1 aliphatic rings. The first-order chi connectivity index (χ1) is 8.91. The molecule has 0 aromatic carbocycles. The Morgan fingerprint density at radius 1 is 0.842 bits per heavy atom. The first-order valence-electron chi connectivity index (χ1n) is 6.68. The van der Waals surface area contributed by atoms with Gasteiger partial charge in [0.1, 0.15) is 0 Å². The molecule has 4 nitrogen and oxygen atoms in total. The zero-order valence-electron chi connectivity index (χ0n) is 12.2. The Labute approximate surface area is 114 Å². The van der Waals surface area contributed by atoms with Crippen LogP contribution in [0.25, 0.3) is 0 Å². The predicted molar refractivity (Wildman–Crippen MR) is 72.0 cm³/mol. The van der Waals surface area contributed by atoms with Gasteiger partial charge in [-0.05, 0) is 50.7 Å². The number of hydrogen-bond donors (Lipinski definition) is 0. The average molecular weight is 266 g/mol. The first-order valence-corrected chi connectivity index (χ1v) is 6.68. The Morgan fingerprint density at radius 3 is 1.79 bits per heavy atom. The van der Waals surface area contributed by atoms with Gasteiger partial charge in [0, 0.05) is 13.8 Å². The van der Waals surface area contributed by atoms with Gasteiger partial charge in [0.05, 0.1) is 0 Å². The fraction of sp³-hybridized carbons (Fsp3) is 0.600. The summed E-state index contributed by atoms with van der Waals surface area (Å²) < 4.78 is 10.6. The second-order valence-corrected chi connectivity index (χ2v) is 5.01. The number of carbonyl (C=O) groups is 2. The minimum Gasteiger partial charge on any atom is -0.423 e. The van der Waals surface area contributed by atoms with E-state index in [9.17, 15) is 9.59 Å². The number of ether oxygens (including phenoxy) is 2. The molecule has 0 radical (unpaired) electrons. The fourth-order valence-electron chi connectivity index (χ4n) is 2.15. The van der Waals surface area contributed by atoms with Crippen LogP contribution in [0, 0.1) is 0 Å². The summed E-state index contributed by atoms with van der Waals surface area (Å²) in [6.07, 6.45) is 5.13. The van der Waals surface area contributed by atoms with Gasteiger partial charge in [-0.1, -0.05) is 6.42 Å². The summed E-state index contributed by atoms with van der Waals surface area (Å²) in [5, 5.41) is 0. The van der Waals surface area contributed by atoms with E-state index >= 15 is 0 Å². The molecule has 0 aromatic rings. The Morgan fingerprint density at radius 2 is 1.37 bits per heavy atom. The molecule has 0 amide bonds. The van der Waals surface area contributed by atoms with E-state index in [1.165, 1.54) is 20.3 Å². The molecular weight excluding hydrogens is 244 g/mol. The third kappa shape index (κ3) is 4.89. The molecule has 4 heteroatoms. The van der Waals surface area contributed by atoms with E-state index in [2.05, 4.69) is 0 Å². The molecule has 0 saturated heterocycles. The summed E-state index contributed by atoms with van der Waals surface area (Å²) in [5.41, 5.74) is 1.89. The maximum Gasteiger partial charge on any atom is 0.308 e. The van der Waals surface area contributed by atoms with Crippen LogP contribution in [0.2, 0.25) is 0 Å². The highest BCUT2D eigenvalue weighted by Crippen LogP contribution is 2.31. The van der Waals surface area contributed by atoms with E-state index in [0.717, 1.165) is 36.8 Å². The van der Waals surface area contributed by atoms with Gasteiger partial charge in [-0.15, -0.1) is 0 Å². The lowest BCUT2D eigenvalue weighted by Crippen LogP contribution is -2.12. The molecule has 0 spiro atoms. The minimum absolute atomic E-state index is 0.389. The van der Waals surface area contributed by atoms with Crippen molar-refractivity contribution in [1.29, 1.82) is 0 Å².